The minimum Gasteiger partial charge on any atom is -0.466 e. The van der Waals surface area contributed by atoms with Crippen LogP contribution in [0.2, 0.25) is 0 Å². The second-order valence-corrected chi connectivity index (χ2v) is 4.09. The first kappa shape index (κ1) is 11.5. The number of ether oxygens (including phenoxy) is 1. The van der Waals surface area contributed by atoms with E-state index in [-0.39, 0.29) is 5.97 Å². The summed E-state index contributed by atoms with van der Waals surface area (Å²) in [5, 5.41) is 3.37. The summed E-state index contributed by atoms with van der Waals surface area (Å²) in [6.45, 7) is 6.68. The first-order valence-electron chi connectivity index (χ1n) is 5.60. The first-order chi connectivity index (χ1) is 6.74. The van der Waals surface area contributed by atoms with Crippen molar-refractivity contribution in [3.05, 3.63) is 0 Å². The summed E-state index contributed by atoms with van der Waals surface area (Å²) in [4.78, 5) is 11.3. The van der Waals surface area contributed by atoms with E-state index in [0.29, 0.717) is 24.9 Å². The zero-order valence-corrected chi connectivity index (χ0v) is 9.21. The Morgan fingerprint density at radius 1 is 1.64 bits per heavy atom. The van der Waals surface area contributed by atoms with Crippen molar-refractivity contribution in [2.24, 2.45) is 11.8 Å². The van der Waals surface area contributed by atoms with Gasteiger partial charge in [-0.1, -0.05) is 6.92 Å². The van der Waals surface area contributed by atoms with E-state index in [1.807, 2.05) is 6.92 Å². The number of hydrogen-bond acceptors (Lipinski definition) is 3. The maximum Gasteiger partial charge on any atom is 0.306 e. The summed E-state index contributed by atoms with van der Waals surface area (Å²) < 4.78 is 4.94. The fourth-order valence-corrected chi connectivity index (χ4v) is 2.01. The Morgan fingerprint density at radius 2 is 2.43 bits per heavy atom. The maximum atomic E-state index is 11.3. The second kappa shape index (κ2) is 6.02. The van der Waals surface area contributed by atoms with Crippen molar-refractivity contribution < 1.29 is 9.53 Å². The van der Waals surface area contributed by atoms with Gasteiger partial charge in [-0.25, -0.2) is 0 Å². The van der Waals surface area contributed by atoms with Gasteiger partial charge in [0, 0.05) is 6.42 Å². The Kier molecular flexibility index (Phi) is 4.94. The molecule has 2 atom stereocenters. The summed E-state index contributed by atoms with van der Waals surface area (Å²) in [7, 11) is 0. The molecule has 1 aliphatic rings. The third kappa shape index (κ3) is 3.66. The number of hydrogen-bond donors (Lipinski definition) is 1. The number of carbonyl (C=O) groups excluding carboxylic acids is 1. The molecule has 1 aliphatic heterocycles. The van der Waals surface area contributed by atoms with Crippen LogP contribution in [0.1, 0.15) is 33.1 Å². The smallest absolute Gasteiger partial charge is 0.306 e. The molecule has 1 N–H and O–H groups in total. The van der Waals surface area contributed by atoms with Crippen molar-refractivity contribution in [2.75, 3.05) is 19.7 Å². The first-order valence-corrected chi connectivity index (χ1v) is 5.60. The Bertz CT molecular complexity index is 176. The SMILES string of the molecule is CCOC(=O)C[C@@H](C)[C@@H]1CCCNC1. The molecule has 82 valence electrons. The van der Waals surface area contributed by atoms with Crippen LogP contribution in [0.4, 0.5) is 0 Å². The van der Waals surface area contributed by atoms with Crippen LogP contribution in [0.15, 0.2) is 0 Å². The lowest BCUT2D eigenvalue weighted by atomic mass is 9.85. The van der Waals surface area contributed by atoms with Crippen molar-refractivity contribution >= 4 is 5.97 Å². The fourth-order valence-electron chi connectivity index (χ4n) is 2.01. The van der Waals surface area contributed by atoms with Crippen molar-refractivity contribution in [2.45, 2.75) is 33.1 Å². The van der Waals surface area contributed by atoms with Gasteiger partial charge in [-0.15, -0.1) is 0 Å². The Morgan fingerprint density at radius 3 is 3.00 bits per heavy atom. The van der Waals surface area contributed by atoms with Gasteiger partial charge >= 0.3 is 5.97 Å². The van der Waals surface area contributed by atoms with Crippen LogP contribution in [-0.4, -0.2) is 25.7 Å². The topological polar surface area (TPSA) is 38.3 Å². The lowest BCUT2D eigenvalue weighted by Gasteiger charge is -2.27. The molecule has 0 spiro atoms. The van der Waals surface area contributed by atoms with Gasteiger partial charge in [0.2, 0.25) is 0 Å². The molecule has 1 saturated heterocycles. The van der Waals surface area contributed by atoms with Gasteiger partial charge in [0.05, 0.1) is 6.61 Å². The molecule has 3 heteroatoms. The number of esters is 1. The standard InChI is InChI=1S/C11H21NO2/c1-3-14-11(13)7-9(2)10-5-4-6-12-8-10/h9-10,12H,3-8H2,1-2H3/t9-,10-/m1/s1. The van der Waals surface area contributed by atoms with Crippen molar-refractivity contribution in [3.8, 4) is 0 Å². The van der Waals surface area contributed by atoms with E-state index >= 15 is 0 Å². The summed E-state index contributed by atoms with van der Waals surface area (Å²) >= 11 is 0. The molecule has 0 bridgehead atoms. The van der Waals surface area contributed by atoms with E-state index in [0.717, 1.165) is 13.1 Å². The van der Waals surface area contributed by atoms with E-state index in [2.05, 4.69) is 12.2 Å². The average molecular weight is 199 g/mol. The zero-order chi connectivity index (χ0) is 10.4. The molecular weight excluding hydrogens is 178 g/mol. The van der Waals surface area contributed by atoms with Gasteiger partial charge in [-0.05, 0) is 44.7 Å². The van der Waals surface area contributed by atoms with Gasteiger partial charge in [0.15, 0.2) is 0 Å². The highest BCUT2D eigenvalue weighted by Gasteiger charge is 2.22. The number of rotatable bonds is 4. The molecule has 1 fully saturated rings. The minimum atomic E-state index is -0.0504. The average Bonchev–Trinajstić information content (AvgIpc) is 2.19. The molecule has 0 aliphatic carbocycles. The number of carbonyl (C=O) groups is 1. The third-order valence-electron chi connectivity index (χ3n) is 2.93. The van der Waals surface area contributed by atoms with Crippen molar-refractivity contribution in [1.29, 1.82) is 0 Å². The predicted molar refractivity (Wildman–Crippen MR) is 56.0 cm³/mol. The summed E-state index contributed by atoms with van der Waals surface area (Å²) in [6.07, 6.45) is 3.05. The molecule has 1 heterocycles. The van der Waals surface area contributed by atoms with Crippen LogP contribution in [-0.2, 0) is 9.53 Å². The summed E-state index contributed by atoms with van der Waals surface area (Å²) in [5.41, 5.74) is 0. The van der Waals surface area contributed by atoms with E-state index in [1.165, 1.54) is 12.8 Å². The van der Waals surface area contributed by atoms with E-state index in [4.69, 9.17) is 4.74 Å². The lowest BCUT2D eigenvalue weighted by molar-refractivity contribution is -0.144. The second-order valence-electron chi connectivity index (χ2n) is 4.09. The number of piperidine rings is 1. The van der Waals surface area contributed by atoms with Crippen LogP contribution in [0.3, 0.4) is 0 Å². The van der Waals surface area contributed by atoms with Crippen LogP contribution >= 0.6 is 0 Å². The molecular formula is C11H21NO2. The van der Waals surface area contributed by atoms with Crippen LogP contribution in [0, 0.1) is 11.8 Å². The fraction of sp³-hybridized carbons (Fsp3) is 0.909. The zero-order valence-electron chi connectivity index (χ0n) is 9.21. The highest BCUT2D eigenvalue weighted by molar-refractivity contribution is 5.69. The largest absolute Gasteiger partial charge is 0.466 e. The van der Waals surface area contributed by atoms with Crippen LogP contribution in [0.25, 0.3) is 0 Å². The molecule has 0 aromatic heterocycles. The quantitative estimate of drug-likeness (QED) is 0.698. The summed E-state index contributed by atoms with van der Waals surface area (Å²) in [5.74, 6) is 1.04. The van der Waals surface area contributed by atoms with E-state index in [9.17, 15) is 4.79 Å². The van der Waals surface area contributed by atoms with E-state index < -0.39 is 0 Å². The Labute approximate surface area is 86.2 Å². The van der Waals surface area contributed by atoms with Gasteiger partial charge in [0.1, 0.15) is 0 Å². The van der Waals surface area contributed by atoms with Gasteiger partial charge < -0.3 is 10.1 Å². The van der Waals surface area contributed by atoms with Crippen molar-refractivity contribution in [1.82, 2.24) is 5.32 Å². The van der Waals surface area contributed by atoms with Gasteiger partial charge in [-0.3, -0.25) is 4.79 Å². The van der Waals surface area contributed by atoms with E-state index in [1.54, 1.807) is 0 Å². The molecule has 0 amide bonds. The third-order valence-corrected chi connectivity index (χ3v) is 2.93. The molecule has 0 aromatic carbocycles. The molecule has 1 rings (SSSR count). The maximum absolute atomic E-state index is 11.3. The molecule has 0 saturated carbocycles. The van der Waals surface area contributed by atoms with Crippen LogP contribution < -0.4 is 5.32 Å². The van der Waals surface area contributed by atoms with Gasteiger partial charge in [-0.2, -0.15) is 0 Å². The number of nitrogens with one attached hydrogen (secondary N) is 1. The highest BCUT2D eigenvalue weighted by Crippen LogP contribution is 2.22. The molecule has 3 nitrogen and oxygen atoms in total. The molecule has 14 heavy (non-hydrogen) atoms. The molecule has 0 radical (unpaired) electrons. The predicted octanol–water partition coefficient (Wildman–Crippen LogP) is 1.58. The van der Waals surface area contributed by atoms with Crippen molar-refractivity contribution in [3.63, 3.8) is 0 Å². The molecule has 0 unspecified atom stereocenters. The normalized spacial score (nSPS) is 24.3. The monoisotopic (exact) mass is 199 g/mol. The highest BCUT2D eigenvalue weighted by atomic mass is 16.5. The lowest BCUT2D eigenvalue weighted by Crippen LogP contribution is -2.34. The molecule has 0 aromatic rings. The Balaban J connectivity index is 2.25. The summed E-state index contributed by atoms with van der Waals surface area (Å²) in [6, 6.07) is 0. The Hall–Kier alpha value is -0.570. The van der Waals surface area contributed by atoms with Crippen LogP contribution in [0.5, 0.6) is 0 Å². The minimum absolute atomic E-state index is 0.0504. The van der Waals surface area contributed by atoms with Gasteiger partial charge in [0.25, 0.3) is 0 Å².